The van der Waals surface area contributed by atoms with Crippen LogP contribution in [0.4, 0.5) is 0 Å². The Morgan fingerprint density at radius 2 is 1.15 bits per heavy atom. The van der Waals surface area contributed by atoms with Crippen molar-refractivity contribution < 1.29 is 0 Å². The van der Waals surface area contributed by atoms with Crippen molar-refractivity contribution in [3.05, 3.63) is 132 Å². The largest absolute Gasteiger partial charge is 0.309 e. The Bertz CT molecular complexity index is 2540. The normalized spacial score (nSPS) is 14.3. The predicted molar refractivity (Wildman–Crippen MR) is 173 cm³/mol. The van der Waals surface area contributed by atoms with E-state index in [0.717, 1.165) is 0 Å². The number of para-hydroxylation sites is 3. The molecule has 3 aromatic heterocycles. The first-order chi connectivity index (χ1) is 20.1. The van der Waals surface area contributed by atoms with E-state index >= 15 is 0 Å². The minimum absolute atomic E-state index is 0.0391. The molecule has 0 spiro atoms. The van der Waals surface area contributed by atoms with Crippen LogP contribution in [-0.4, -0.2) is 8.97 Å². The first-order valence-corrected chi connectivity index (χ1v) is 14.5. The molecule has 3 heterocycles. The van der Waals surface area contributed by atoms with Gasteiger partial charge in [-0.1, -0.05) is 92.7 Å². The minimum atomic E-state index is -0.0391. The average molecular weight is 523 g/mol. The summed E-state index contributed by atoms with van der Waals surface area (Å²) in [6.45, 7) is 4.75. The fourth-order valence-electron chi connectivity index (χ4n) is 8.06. The van der Waals surface area contributed by atoms with Gasteiger partial charge in [0.2, 0.25) is 0 Å². The summed E-state index contributed by atoms with van der Waals surface area (Å²) in [5.74, 6) is 0. The van der Waals surface area contributed by atoms with Crippen LogP contribution in [0.3, 0.4) is 0 Å². The topological polar surface area (TPSA) is 9.34 Å². The van der Waals surface area contributed by atoms with Crippen LogP contribution in [0.2, 0.25) is 0 Å². The molecule has 0 saturated carbocycles. The fraction of sp³-hybridized carbons (Fsp3) is 0.0769. The summed E-state index contributed by atoms with van der Waals surface area (Å²) < 4.78 is 5.00. The van der Waals surface area contributed by atoms with Gasteiger partial charge in [0.1, 0.15) is 0 Å². The van der Waals surface area contributed by atoms with Gasteiger partial charge in [-0.2, -0.15) is 0 Å². The van der Waals surface area contributed by atoms with E-state index < -0.39 is 0 Å². The van der Waals surface area contributed by atoms with E-state index in [1.165, 1.54) is 87.8 Å². The number of hydrogen-bond donors (Lipinski definition) is 0. The summed E-state index contributed by atoms with van der Waals surface area (Å²) in [7, 11) is 0. The van der Waals surface area contributed by atoms with Gasteiger partial charge in [-0.15, -0.1) is 0 Å². The molecule has 0 amide bonds. The van der Waals surface area contributed by atoms with E-state index in [2.05, 4.69) is 144 Å². The molecular weight excluding hydrogens is 496 g/mol. The van der Waals surface area contributed by atoms with Gasteiger partial charge in [0, 0.05) is 43.4 Å². The minimum Gasteiger partial charge on any atom is -0.309 e. The highest BCUT2D eigenvalue weighted by molar-refractivity contribution is 6.35. The van der Waals surface area contributed by atoms with Gasteiger partial charge in [0.25, 0.3) is 0 Å². The zero-order chi connectivity index (χ0) is 27.0. The number of nitrogens with zero attached hydrogens (tertiary/aromatic N) is 2. The summed E-state index contributed by atoms with van der Waals surface area (Å²) in [6, 6.07) is 45.1. The first kappa shape index (κ1) is 21.7. The number of rotatable bonds is 1. The van der Waals surface area contributed by atoms with E-state index in [4.69, 9.17) is 0 Å². The maximum atomic E-state index is 2.54. The maximum Gasteiger partial charge on any atom is 0.0628 e. The molecule has 0 unspecified atom stereocenters. The molecule has 1 aliphatic rings. The molecule has 2 nitrogen and oxygen atoms in total. The Morgan fingerprint density at radius 3 is 1.98 bits per heavy atom. The Balaban J connectivity index is 1.49. The Morgan fingerprint density at radius 1 is 0.463 bits per heavy atom. The van der Waals surface area contributed by atoms with Crippen LogP contribution in [0.25, 0.3) is 76.7 Å². The lowest BCUT2D eigenvalue weighted by Gasteiger charge is -2.21. The molecule has 9 aromatic rings. The molecule has 0 saturated heterocycles. The van der Waals surface area contributed by atoms with Crippen molar-refractivity contribution in [2.24, 2.45) is 0 Å². The highest BCUT2D eigenvalue weighted by Gasteiger charge is 2.36. The van der Waals surface area contributed by atoms with Gasteiger partial charge in [-0.25, -0.2) is 0 Å². The number of benzene rings is 6. The lowest BCUT2D eigenvalue weighted by atomic mass is 9.82. The molecule has 0 fully saturated rings. The lowest BCUT2D eigenvalue weighted by molar-refractivity contribution is 0.661. The Hall–Kier alpha value is -5.08. The van der Waals surface area contributed by atoms with Crippen molar-refractivity contribution in [2.75, 3.05) is 0 Å². The maximum absolute atomic E-state index is 2.54. The molecule has 2 heteroatoms. The van der Waals surface area contributed by atoms with Crippen molar-refractivity contribution in [3.63, 3.8) is 0 Å². The smallest absolute Gasteiger partial charge is 0.0628 e. The van der Waals surface area contributed by atoms with Crippen molar-refractivity contribution >= 4 is 59.9 Å². The highest BCUT2D eigenvalue weighted by Crippen LogP contribution is 2.52. The van der Waals surface area contributed by atoms with Crippen LogP contribution in [0.5, 0.6) is 0 Å². The molecule has 1 aliphatic carbocycles. The van der Waals surface area contributed by atoms with E-state index in [1.54, 1.807) is 0 Å². The van der Waals surface area contributed by atoms with Crippen molar-refractivity contribution in [2.45, 2.75) is 19.3 Å². The summed E-state index contributed by atoms with van der Waals surface area (Å²) >= 11 is 0. The molecule has 0 N–H and O–H groups in total. The van der Waals surface area contributed by atoms with E-state index in [0.29, 0.717) is 0 Å². The van der Waals surface area contributed by atoms with Crippen LogP contribution < -0.4 is 0 Å². The zero-order valence-corrected chi connectivity index (χ0v) is 22.9. The highest BCUT2D eigenvalue weighted by atomic mass is 15.0. The fourth-order valence-corrected chi connectivity index (χ4v) is 8.06. The van der Waals surface area contributed by atoms with Crippen LogP contribution in [0.1, 0.15) is 25.0 Å². The molecule has 41 heavy (non-hydrogen) atoms. The lowest BCUT2D eigenvalue weighted by Crippen LogP contribution is -2.14. The summed E-state index contributed by atoms with van der Waals surface area (Å²) in [5.41, 5.74) is 13.1. The number of hydrogen-bond acceptors (Lipinski definition) is 0. The van der Waals surface area contributed by atoms with Crippen LogP contribution in [-0.2, 0) is 5.41 Å². The molecule has 6 aromatic carbocycles. The second-order valence-electron chi connectivity index (χ2n) is 12.2. The third kappa shape index (κ3) is 2.46. The van der Waals surface area contributed by atoms with Gasteiger partial charge in [0.15, 0.2) is 0 Å². The van der Waals surface area contributed by atoms with E-state index in [1.807, 2.05) is 0 Å². The molecule has 0 radical (unpaired) electrons. The number of fused-ring (bicyclic) bond motifs is 13. The van der Waals surface area contributed by atoms with Gasteiger partial charge in [-0.05, 0) is 64.7 Å². The second-order valence-corrected chi connectivity index (χ2v) is 12.2. The third-order valence-corrected chi connectivity index (χ3v) is 9.82. The predicted octanol–water partition coefficient (Wildman–Crippen LogP) is 10.2. The Kier molecular flexibility index (Phi) is 3.79. The molecular formula is C39H26N2. The van der Waals surface area contributed by atoms with Crippen molar-refractivity contribution in [3.8, 4) is 16.8 Å². The van der Waals surface area contributed by atoms with Crippen molar-refractivity contribution in [1.29, 1.82) is 0 Å². The molecule has 0 aliphatic heterocycles. The second kappa shape index (κ2) is 7.16. The third-order valence-electron chi connectivity index (χ3n) is 9.82. The standard InChI is InChI=1S/C39H26N2/c1-39(2)30-17-9-6-14-24(30)27-20-28-29-21-35-36(25-15-7-10-18-32(25)40(35)23-12-4-3-5-13-23)37-26-16-8-11-19-33(26)41(38(29)37)34(28)22-31(27)39/h3-22H,1-2H3. The van der Waals surface area contributed by atoms with E-state index in [-0.39, 0.29) is 5.41 Å². The summed E-state index contributed by atoms with van der Waals surface area (Å²) in [6.07, 6.45) is 0. The average Bonchev–Trinajstić information content (AvgIpc) is 3.69. The van der Waals surface area contributed by atoms with Crippen LogP contribution in [0, 0.1) is 0 Å². The summed E-state index contributed by atoms with van der Waals surface area (Å²) in [5, 5.41) is 7.96. The first-order valence-electron chi connectivity index (χ1n) is 14.5. The quantitative estimate of drug-likeness (QED) is 0.203. The van der Waals surface area contributed by atoms with E-state index in [9.17, 15) is 0 Å². The van der Waals surface area contributed by atoms with Gasteiger partial charge in [0.05, 0.1) is 27.6 Å². The van der Waals surface area contributed by atoms with Gasteiger partial charge in [-0.3, -0.25) is 0 Å². The molecule has 10 rings (SSSR count). The van der Waals surface area contributed by atoms with Gasteiger partial charge < -0.3 is 8.97 Å². The molecule has 0 bridgehead atoms. The summed E-state index contributed by atoms with van der Waals surface area (Å²) in [4.78, 5) is 0. The van der Waals surface area contributed by atoms with Gasteiger partial charge >= 0.3 is 0 Å². The molecule has 192 valence electrons. The number of aromatic nitrogens is 2. The van der Waals surface area contributed by atoms with Crippen LogP contribution in [0.15, 0.2) is 121 Å². The van der Waals surface area contributed by atoms with Crippen LogP contribution >= 0.6 is 0 Å². The monoisotopic (exact) mass is 522 g/mol. The Labute approximate surface area is 237 Å². The molecule has 0 atom stereocenters. The SMILES string of the molecule is CC1(C)c2ccccc2-c2cc3c4cc5c(c6ccccc6n5-c5ccccc5)c5c6ccccc6n(c3cc21)c45. The zero-order valence-electron chi connectivity index (χ0n) is 22.9. The van der Waals surface area contributed by atoms with Crippen molar-refractivity contribution in [1.82, 2.24) is 8.97 Å².